The van der Waals surface area contributed by atoms with Crippen LogP contribution in [-0.4, -0.2) is 122 Å². The molecule has 0 aliphatic carbocycles. The number of phenolic OH excluding ortho intramolecular Hbond substituents is 2. The summed E-state index contributed by atoms with van der Waals surface area (Å²) in [7, 11) is 7.18. The van der Waals surface area contributed by atoms with Crippen LogP contribution >= 0.6 is 0 Å². The molecule has 4 rings (SSSR count). The third-order valence-electron chi connectivity index (χ3n) is 8.04. The molecular formula is C33H44N4O6. The third kappa shape index (κ3) is 9.14. The van der Waals surface area contributed by atoms with Gasteiger partial charge in [-0.25, -0.2) is 0 Å². The second-order valence-corrected chi connectivity index (χ2v) is 11.4. The lowest BCUT2D eigenvalue weighted by Gasteiger charge is -2.32. The van der Waals surface area contributed by atoms with Crippen molar-refractivity contribution in [2.45, 2.75) is 19.5 Å². The number of piperazine rings is 2. The number of likely N-dealkylation sites (N-methyl/N-ethyl adjacent to an activating group) is 2. The summed E-state index contributed by atoms with van der Waals surface area (Å²) >= 11 is 0. The quantitative estimate of drug-likeness (QED) is 0.282. The number of methoxy groups -OCH3 is 2. The van der Waals surface area contributed by atoms with Crippen molar-refractivity contribution in [3.8, 4) is 23.0 Å². The zero-order chi connectivity index (χ0) is 30.9. The fourth-order valence-corrected chi connectivity index (χ4v) is 5.28. The van der Waals surface area contributed by atoms with Gasteiger partial charge in [0.15, 0.2) is 34.6 Å². The molecule has 232 valence electrons. The van der Waals surface area contributed by atoms with Crippen LogP contribution in [0.3, 0.4) is 0 Å². The molecule has 10 heteroatoms. The number of carbonyl (C=O) groups is 2. The maximum atomic E-state index is 12.6. The minimum Gasteiger partial charge on any atom is -0.504 e. The second kappa shape index (κ2) is 15.2. The van der Waals surface area contributed by atoms with Crippen LogP contribution in [0, 0.1) is 0 Å². The average molecular weight is 593 g/mol. The first-order chi connectivity index (χ1) is 20.6. The Morgan fingerprint density at radius 1 is 0.674 bits per heavy atom. The molecule has 0 aromatic heterocycles. The number of nitrogens with zero attached hydrogens (tertiary/aromatic N) is 4. The van der Waals surface area contributed by atoms with E-state index in [0.29, 0.717) is 35.7 Å². The van der Waals surface area contributed by atoms with Crippen molar-refractivity contribution in [1.82, 2.24) is 19.6 Å². The van der Waals surface area contributed by atoms with Crippen molar-refractivity contribution in [3.05, 3.63) is 58.7 Å². The van der Waals surface area contributed by atoms with E-state index in [4.69, 9.17) is 9.47 Å². The number of phenols is 2. The van der Waals surface area contributed by atoms with Crippen LogP contribution in [0.15, 0.2) is 36.4 Å². The number of carbonyl (C=O) groups excluding carboxylic acids is 2. The van der Waals surface area contributed by atoms with E-state index in [2.05, 4.69) is 33.7 Å². The Labute approximate surface area is 254 Å². The molecule has 0 unspecified atom stereocenters. The van der Waals surface area contributed by atoms with Gasteiger partial charge in [0.25, 0.3) is 0 Å². The van der Waals surface area contributed by atoms with Crippen LogP contribution in [-0.2, 0) is 22.7 Å². The highest BCUT2D eigenvalue weighted by Gasteiger charge is 2.19. The number of hydrogen-bond acceptors (Lipinski definition) is 10. The number of aromatic hydroxyl groups is 2. The van der Waals surface area contributed by atoms with Gasteiger partial charge in [-0.05, 0) is 61.6 Å². The van der Waals surface area contributed by atoms with E-state index in [1.807, 2.05) is 12.1 Å². The van der Waals surface area contributed by atoms with E-state index < -0.39 is 0 Å². The average Bonchev–Trinajstić information content (AvgIpc) is 2.99. The molecule has 2 heterocycles. The molecule has 43 heavy (non-hydrogen) atoms. The van der Waals surface area contributed by atoms with Gasteiger partial charge in [-0.2, -0.15) is 0 Å². The predicted molar refractivity (Wildman–Crippen MR) is 168 cm³/mol. The first-order valence-corrected chi connectivity index (χ1v) is 14.7. The predicted octanol–water partition coefficient (Wildman–Crippen LogP) is 2.86. The lowest BCUT2D eigenvalue weighted by molar-refractivity contribution is -0.121. The smallest absolute Gasteiger partial charge is 0.163 e. The van der Waals surface area contributed by atoms with Gasteiger partial charge in [-0.15, -0.1) is 0 Å². The van der Waals surface area contributed by atoms with Gasteiger partial charge in [0.2, 0.25) is 0 Å². The largest absolute Gasteiger partial charge is 0.504 e. The number of allylic oxidation sites excluding steroid dienone is 2. The number of rotatable bonds is 12. The van der Waals surface area contributed by atoms with Crippen LogP contribution in [0.25, 0.3) is 12.2 Å². The van der Waals surface area contributed by atoms with Crippen molar-refractivity contribution in [1.29, 1.82) is 0 Å². The number of hydrogen-bond donors (Lipinski definition) is 2. The number of benzene rings is 2. The molecule has 2 fully saturated rings. The Kier molecular flexibility index (Phi) is 11.4. The number of ketones is 2. The van der Waals surface area contributed by atoms with Gasteiger partial charge >= 0.3 is 0 Å². The lowest BCUT2D eigenvalue weighted by Crippen LogP contribution is -2.43. The molecule has 2 saturated heterocycles. The normalized spacial score (nSPS) is 17.6. The molecular weight excluding hydrogens is 548 g/mol. The monoisotopic (exact) mass is 592 g/mol. The topological polar surface area (TPSA) is 106 Å². The Balaban J connectivity index is 1.38. The highest BCUT2D eigenvalue weighted by Crippen LogP contribution is 2.34. The minimum atomic E-state index is -0.332. The van der Waals surface area contributed by atoms with Crippen molar-refractivity contribution < 1.29 is 29.3 Å². The first kappa shape index (κ1) is 32.2. The molecule has 2 aliphatic rings. The van der Waals surface area contributed by atoms with E-state index in [1.165, 1.54) is 26.4 Å². The Hall–Kier alpha value is -3.70. The van der Waals surface area contributed by atoms with E-state index in [0.717, 1.165) is 63.5 Å². The fraction of sp³-hybridized carbons (Fsp3) is 0.455. The van der Waals surface area contributed by atoms with Gasteiger partial charge in [-0.1, -0.05) is 12.2 Å². The Bertz CT molecular complexity index is 1240. The summed E-state index contributed by atoms with van der Waals surface area (Å²) in [6, 6.07) is 7.04. The third-order valence-corrected chi connectivity index (χ3v) is 8.04. The van der Waals surface area contributed by atoms with Gasteiger partial charge in [0.05, 0.1) is 20.6 Å². The van der Waals surface area contributed by atoms with Crippen LogP contribution in [0.5, 0.6) is 23.0 Å². The first-order valence-electron chi connectivity index (χ1n) is 14.7. The zero-order valence-electron chi connectivity index (χ0n) is 25.7. The molecule has 2 N–H and O–H groups in total. The summed E-state index contributed by atoms with van der Waals surface area (Å²) in [5.41, 5.74) is 2.87. The van der Waals surface area contributed by atoms with E-state index in [1.54, 1.807) is 24.3 Å². The molecule has 2 aromatic carbocycles. The molecule has 0 spiro atoms. The molecule has 0 amide bonds. The summed E-state index contributed by atoms with van der Waals surface area (Å²) in [6.45, 7) is 8.63. The van der Waals surface area contributed by atoms with Gasteiger partial charge in [0.1, 0.15) is 0 Å². The van der Waals surface area contributed by atoms with Gasteiger partial charge in [-0.3, -0.25) is 19.4 Å². The molecule has 10 nitrogen and oxygen atoms in total. The molecule has 0 radical (unpaired) electrons. The summed E-state index contributed by atoms with van der Waals surface area (Å²) in [5.74, 6) is 0.219. The molecule has 2 aromatic rings. The molecule has 0 saturated carbocycles. The SMILES string of the molecule is COc1cc(/C=C/C(=O)CC(=O)/C=C/c2cc(CN3CCN(C)CC3)c(O)c(OC)c2)cc(CN2CCN(C)CC2)c1O. The molecule has 0 atom stereocenters. The van der Waals surface area contributed by atoms with Gasteiger partial charge in [0, 0.05) is 76.6 Å². The van der Waals surface area contributed by atoms with E-state index >= 15 is 0 Å². The second-order valence-electron chi connectivity index (χ2n) is 11.4. The maximum Gasteiger partial charge on any atom is 0.163 e. The van der Waals surface area contributed by atoms with Crippen molar-refractivity contribution in [2.24, 2.45) is 0 Å². The minimum absolute atomic E-state index is 0.0998. The lowest BCUT2D eigenvalue weighted by atomic mass is 10.0. The van der Waals surface area contributed by atoms with Crippen LogP contribution in [0.4, 0.5) is 0 Å². The summed E-state index contributed by atoms with van der Waals surface area (Å²) in [6.07, 6.45) is 5.78. The highest BCUT2D eigenvalue weighted by atomic mass is 16.5. The maximum absolute atomic E-state index is 12.6. The zero-order valence-corrected chi connectivity index (χ0v) is 25.7. The molecule has 2 aliphatic heterocycles. The van der Waals surface area contributed by atoms with Crippen molar-refractivity contribution in [3.63, 3.8) is 0 Å². The van der Waals surface area contributed by atoms with Crippen LogP contribution < -0.4 is 9.47 Å². The Morgan fingerprint density at radius 3 is 1.40 bits per heavy atom. The number of ether oxygens (including phenoxy) is 2. The van der Waals surface area contributed by atoms with Gasteiger partial charge < -0.3 is 29.5 Å². The summed E-state index contributed by atoms with van der Waals surface area (Å²) in [5, 5.41) is 21.3. The van der Waals surface area contributed by atoms with Crippen LogP contribution in [0.1, 0.15) is 28.7 Å². The van der Waals surface area contributed by atoms with E-state index in [9.17, 15) is 19.8 Å². The van der Waals surface area contributed by atoms with Crippen molar-refractivity contribution >= 4 is 23.7 Å². The van der Waals surface area contributed by atoms with E-state index in [-0.39, 0.29) is 29.5 Å². The van der Waals surface area contributed by atoms with Crippen LogP contribution in [0.2, 0.25) is 0 Å². The summed E-state index contributed by atoms with van der Waals surface area (Å²) < 4.78 is 10.7. The standard InChI is InChI=1S/C33H44N4O6/c1-34-9-13-36(14-10-34)22-26-17-24(19-30(42-3)32(26)40)5-7-28(38)21-29(39)8-6-25-18-27(33(41)31(20-25)43-4)23-37-15-11-35(2)12-16-37/h5-8,17-20,40-41H,9-16,21-23H2,1-4H3/b7-5+,8-6+. The molecule has 0 bridgehead atoms. The summed E-state index contributed by atoms with van der Waals surface area (Å²) in [4.78, 5) is 34.4. The fourth-order valence-electron chi connectivity index (χ4n) is 5.28. The Morgan fingerprint density at radius 2 is 1.05 bits per heavy atom. The van der Waals surface area contributed by atoms with Crippen molar-refractivity contribution in [2.75, 3.05) is 80.7 Å². The highest BCUT2D eigenvalue weighted by molar-refractivity contribution is 6.10.